The molecule has 0 saturated carbocycles. The molecular weight excluding hydrogens is 232 g/mol. The van der Waals surface area contributed by atoms with Crippen LogP contribution in [0.3, 0.4) is 0 Å². The van der Waals surface area contributed by atoms with E-state index in [1.165, 1.54) is 17.7 Å². The predicted octanol–water partition coefficient (Wildman–Crippen LogP) is 2.32. The summed E-state index contributed by atoms with van der Waals surface area (Å²) in [5, 5.41) is 4.48. The summed E-state index contributed by atoms with van der Waals surface area (Å²) in [4.78, 5) is 4.44. The highest BCUT2D eigenvalue weighted by Crippen LogP contribution is 2.13. The lowest BCUT2D eigenvalue weighted by Gasteiger charge is -2.13. The normalized spacial score (nSPS) is 15.2. The third-order valence-corrected chi connectivity index (χ3v) is 3.66. The van der Waals surface area contributed by atoms with Crippen LogP contribution >= 0.6 is 11.8 Å². The smallest absolute Gasteiger partial charge is 0.156 e. The first-order chi connectivity index (χ1) is 8.38. The number of aliphatic imine (C=N–C) groups is 1. The maximum absolute atomic E-state index is 5.20. The second kappa shape index (κ2) is 6.55. The minimum absolute atomic E-state index is 0.923. The molecular formula is C13H18N2OS. The molecule has 1 aliphatic heterocycles. The Morgan fingerprint density at radius 2 is 2.41 bits per heavy atom. The van der Waals surface area contributed by atoms with E-state index >= 15 is 0 Å². The van der Waals surface area contributed by atoms with E-state index < -0.39 is 0 Å². The molecule has 4 heteroatoms. The maximum Gasteiger partial charge on any atom is 0.156 e. The third-order valence-electron chi connectivity index (χ3n) is 2.62. The first-order valence-corrected chi connectivity index (χ1v) is 6.91. The van der Waals surface area contributed by atoms with Crippen molar-refractivity contribution in [2.45, 2.75) is 12.8 Å². The molecule has 0 aliphatic carbocycles. The van der Waals surface area contributed by atoms with Crippen molar-refractivity contribution < 1.29 is 4.74 Å². The van der Waals surface area contributed by atoms with E-state index in [1.807, 2.05) is 23.9 Å². The number of methoxy groups -OCH3 is 1. The summed E-state index contributed by atoms with van der Waals surface area (Å²) in [6, 6.07) is 8.20. The Bertz CT molecular complexity index is 393. The van der Waals surface area contributed by atoms with Crippen LogP contribution in [-0.4, -0.2) is 31.1 Å². The van der Waals surface area contributed by atoms with Crippen molar-refractivity contribution in [2.75, 3.05) is 26.0 Å². The molecule has 0 bridgehead atoms. The molecule has 3 nitrogen and oxygen atoms in total. The van der Waals surface area contributed by atoms with Gasteiger partial charge in [0.05, 0.1) is 7.11 Å². The van der Waals surface area contributed by atoms with Crippen LogP contribution in [0.25, 0.3) is 0 Å². The summed E-state index contributed by atoms with van der Waals surface area (Å²) in [5.41, 5.74) is 1.29. The van der Waals surface area contributed by atoms with Crippen LogP contribution in [0.2, 0.25) is 0 Å². The van der Waals surface area contributed by atoms with Crippen molar-refractivity contribution in [2.24, 2.45) is 4.99 Å². The van der Waals surface area contributed by atoms with E-state index in [4.69, 9.17) is 4.74 Å². The van der Waals surface area contributed by atoms with Gasteiger partial charge >= 0.3 is 0 Å². The Morgan fingerprint density at radius 3 is 3.18 bits per heavy atom. The van der Waals surface area contributed by atoms with E-state index in [-0.39, 0.29) is 0 Å². The Balaban J connectivity index is 1.79. The number of amidine groups is 1. The van der Waals surface area contributed by atoms with Crippen molar-refractivity contribution >= 4 is 16.9 Å². The molecule has 92 valence electrons. The number of nitrogens with zero attached hydrogens (tertiary/aromatic N) is 1. The first kappa shape index (κ1) is 12.3. The van der Waals surface area contributed by atoms with Crippen molar-refractivity contribution in [1.82, 2.24) is 5.32 Å². The SMILES string of the molecule is COc1cccc(CCNC2=NCCCS2)c1. The number of rotatable bonds is 4. The van der Waals surface area contributed by atoms with Crippen molar-refractivity contribution in [1.29, 1.82) is 0 Å². The standard InChI is InChI=1S/C13H18N2OS/c1-16-12-5-2-4-11(10-12)6-8-15-13-14-7-3-9-17-13/h2,4-5,10H,3,6-9H2,1H3,(H,14,15). The minimum Gasteiger partial charge on any atom is -0.497 e. The molecule has 0 atom stereocenters. The number of ether oxygens (including phenoxy) is 1. The van der Waals surface area contributed by atoms with Gasteiger partial charge in [0.15, 0.2) is 5.17 Å². The fourth-order valence-corrected chi connectivity index (χ4v) is 2.56. The van der Waals surface area contributed by atoms with Gasteiger partial charge in [0.1, 0.15) is 5.75 Å². The maximum atomic E-state index is 5.20. The lowest BCUT2D eigenvalue weighted by molar-refractivity contribution is 0.414. The van der Waals surface area contributed by atoms with Gasteiger partial charge in [-0.25, -0.2) is 0 Å². The molecule has 0 aromatic heterocycles. The summed E-state index contributed by atoms with van der Waals surface area (Å²) >= 11 is 1.82. The van der Waals surface area contributed by atoms with Crippen LogP contribution in [0.5, 0.6) is 5.75 Å². The summed E-state index contributed by atoms with van der Waals surface area (Å²) in [6.45, 7) is 1.90. The highest BCUT2D eigenvalue weighted by molar-refractivity contribution is 8.13. The van der Waals surface area contributed by atoms with Gasteiger partial charge < -0.3 is 10.1 Å². The molecule has 1 heterocycles. The zero-order valence-electron chi connectivity index (χ0n) is 10.1. The number of benzene rings is 1. The minimum atomic E-state index is 0.923. The number of hydrogen-bond acceptors (Lipinski definition) is 4. The van der Waals surface area contributed by atoms with Crippen molar-refractivity contribution in [3.63, 3.8) is 0 Å². The zero-order chi connectivity index (χ0) is 11.9. The number of nitrogens with one attached hydrogen (secondary N) is 1. The second-order valence-electron chi connectivity index (χ2n) is 3.92. The Hall–Kier alpha value is -1.16. The summed E-state index contributed by atoms with van der Waals surface area (Å²) in [6.07, 6.45) is 2.20. The first-order valence-electron chi connectivity index (χ1n) is 5.92. The van der Waals surface area contributed by atoms with Gasteiger partial charge in [0, 0.05) is 18.8 Å². The lowest BCUT2D eigenvalue weighted by atomic mass is 10.1. The Labute approximate surface area is 107 Å². The monoisotopic (exact) mass is 250 g/mol. The molecule has 0 saturated heterocycles. The molecule has 1 N–H and O–H groups in total. The molecule has 17 heavy (non-hydrogen) atoms. The van der Waals surface area contributed by atoms with E-state index in [0.29, 0.717) is 0 Å². The van der Waals surface area contributed by atoms with Gasteiger partial charge in [-0.3, -0.25) is 4.99 Å². The topological polar surface area (TPSA) is 33.6 Å². The molecule has 0 unspecified atom stereocenters. The summed E-state index contributed by atoms with van der Waals surface area (Å²) < 4.78 is 5.20. The van der Waals surface area contributed by atoms with Crippen LogP contribution in [0.15, 0.2) is 29.3 Å². The number of hydrogen-bond donors (Lipinski definition) is 1. The molecule has 0 amide bonds. The van der Waals surface area contributed by atoms with Gasteiger partial charge in [-0.1, -0.05) is 23.9 Å². The van der Waals surface area contributed by atoms with Gasteiger partial charge in [-0.2, -0.15) is 0 Å². The van der Waals surface area contributed by atoms with Crippen molar-refractivity contribution in [3.05, 3.63) is 29.8 Å². The quantitative estimate of drug-likeness (QED) is 0.890. The molecule has 0 spiro atoms. The van der Waals surface area contributed by atoms with E-state index in [9.17, 15) is 0 Å². The average molecular weight is 250 g/mol. The van der Waals surface area contributed by atoms with E-state index in [2.05, 4.69) is 22.4 Å². The fraction of sp³-hybridized carbons (Fsp3) is 0.462. The third kappa shape index (κ3) is 3.97. The van der Waals surface area contributed by atoms with Gasteiger partial charge in [0.25, 0.3) is 0 Å². The van der Waals surface area contributed by atoms with Crippen LogP contribution in [0, 0.1) is 0 Å². The van der Waals surface area contributed by atoms with Crippen LogP contribution in [-0.2, 0) is 6.42 Å². The Morgan fingerprint density at radius 1 is 1.47 bits per heavy atom. The zero-order valence-corrected chi connectivity index (χ0v) is 10.9. The van der Waals surface area contributed by atoms with E-state index in [0.717, 1.165) is 30.4 Å². The lowest BCUT2D eigenvalue weighted by Crippen LogP contribution is -2.25. The fourth-order valence-electron chi connectivity index (χ4n) is 1.71. The molecule has 1 aromatic rings. The molecule has 1 aromatic carbocycles. The summed E-state index contributed by atoms with van der Waals surface area (Å²) in [7, 11) is 1.70. The van der Waals surface area contributed by atoms with Crippen LogP contribution in [0.4, 0.5) is 0 Å². The number of thioether (sulfide) groups is 1. The Kier molecular flexibility index (Phi) is 4.74. The largest absolute Gasteiger partial charge is 0.497 e. The highest BCUT2D eigenvalue weighted by atomic mass is 32.2. The van der Waals surface area contributed by atoms with Gasteiger partial charge in [0.2, 0.25) is 0 Å². The molecule has 1 aliphatic rings. The van der Waals surface area contributed by atoms with Crippen LogP contribution < -0.4 is 10.1 Å². The van der Waals surface area contributed by atoms with Crippen molar-refractivity contribution in [3.8, 4) is 5.75 Å². The molecule has 0 radical (unpaired) electrons. The highest BCUT2D eigenvalue weighted by Gasteiger charge is 2.04. The predicted molar refractivity (Wildman–Crippen MR) is 74.1 cm³/mol. The average Bonchev–Trinajstić information content (AvgIpc) is 2.40. The molecule has 2 rings (SSSR count). The van der Waals surface area contributed by atoms with Gasteiger partial charge in [-0.15, -0.1) is 0 Å². The summed E-state index contributed by atoms with van der Waals surface area (Å²) in [5.74, 6) is 2.11. The van der Waals surface area contributed by atoms with E-state index in [1.54, 1.807) is 7.11 Å². The second-order valence-corrected chi connectivity index (χ2v) is 5.00. The molecule has 0 fully saturated rings. The van der Waals surface area contributed by atoms with Gasteiger partial charge in [-0.05, 0) is 30.5 Å². The van der Waals surface area contributed by atoms with Crippen LogP contribution in [0.1, 0.15) is 12.0 Å².